The summed E-state index contributed by atoms with van der Waals surface area (Å²) in [5.41, 5.74) is 6.66. The van der Waals surface area contributed by atoms with Crippen LogP contribution in [0.25, 0.3) is 0 Å². The number of carbonyl (C=O) groups excluding carboxylic acids is 4. The lowest BCUT2D eigenvalue weighted by molar-refractivity contribution is -0.159. The molecule has 2 unspecified atom stereocenters. The van der Waals surface area contributed by atoms with E-state index in [0.29, 0.717) is 12.0 Å². The molecule has 0 heterocycles. The van der Waals surface area contributed by atoms with Crippen molar-refractivity contribution in [1.29, 1.82) is 0 Å². The zero-order valence-electron chi connectivity index (χ0n) is 24.1. The second-order valence-corrected chi connectivity index (χ2v) is 10.5. The predicted molar refractivity (Wildman–Crippen MR) is 143 cm³/mol. The molecule has 0 aliphatic carbocycles. The highest BCUT2D eigenvalue weighted by molar-refractivity contribution is 5.79. The van der Waals surface area contributed by atoms with Crippen LogP contribution in [-0.4, -0.2) is 42.6 Å². The van der Waals surface area contributed by atoms with Crippen LogP contribution in [0.3, 0.4) is 0 Å². The molecular weight excluding hydrogens is 490 g/mol. The molecule has 4 atom stereocenters. The molecular formula is C29H45NO8. The Hall–Kier alpha value is -2.94. The molecule has 0 amide bonds. The van der Waals surface area contributed by atoms with Crippen LogP contribution in [0.1, 0.15) is 80.2 Å². The molecule has 0 aliphatic heterocycles. The van der Waals surface area contributed by atoms with Crippen molar-refractivity contribution in [3.63, 3.8) is 0 Å². The fraction of sp³-hybridized carbons (Fsp3) is 0.655. The van der Waals surface area contributed by atoms with E-state index in [1.165, 1.54) is 6.07 Å². The van der Waals surface area contributed by atoms with Crippen LogP contribution in [0.2, 0.25) is 0 Å². The van der Waals surface area contributed by atoms with Crippen molar-refractivity contribution in [3.8, 4) is 11.5 Å². The van der Waals surface area contributed by atoms with E-state index in [0.717, 1.165) is 12.8 Å². The first-order chi connectivity index (χ1) is 17.8. The van der Waals surface area contributed by atoms with Gasteiger partial charge >= 0.3 is 23.9 Å². The Bertz CT molecular complexity index is 943. The summed E-state index contributed by atoms with van der Waals surface area (Å²) in [4.78, 5) is 49.4. The largest absolute Gasteiger partial charge is 0.462 e. The molecule has 0 aromatic heterocycles. The minimum Gasteiger partial charge on any atom is -0.462 e. The Morgan fingerprint density at radius 1 is 0.816 bits per heavy atom. The molecule has 2 N–H and O–H groups in total. The molecule has 214 valence electrons. The van der Waals surface area contributed by atoms with Gasteiger partial charge in [-0.1, -0.05) is 61.0 Å². The van der Waals surface area contributed by atoms with Gasteiger partial charge in [-0.15, -0.1) is 0 Å². The number of nitrogens with two attached hydrogens (primary N) is 1. The van der Waals surface area contributed by atoms with Gasteiger partial charge in [0.2, 0.25) is 0 Å². The third-order valence-electron chi connectivity index (χ3n) is 6.46. The number of hydrogen-bond donors (Lipinski definition) is 1. The lowest BCUT2D eigenvalue weighted by Crippen LogP contribution is -2.37. The third-order valence-corrected chi connectivity index (χ3v) is 6.46. The normalized spacial score (nSPS) is 14.4. The molecule has 0 radical (unpaired) electrons. The quantitative estimate of drug-likeness (QED) is 0.252. The van der Waals surface area contributed by atoms with Crippen LogP contribution in [0, 0.1) is 23.7 Å². The van der Waals surface area contributed by atoms with E-state index in [1.54, 1.807) is 32.9 Å². The topological polar surface area (TPSA) is 131 Å². The SMILES string of the molecule is CCCCC(=O)OC[C@H](C)OC(=O)[C@@H](N)Cc1ccc(OC(=O)C(C)C(C)C)c(OC(=O)C(C)C(C)C)c1. The Balaban J connectivity index is 2.95. The maximum Gasteiger partial charge on any atom is 0.323 e. The lowest BCUT2D eigenvalue weighted by Gasteiger charge is -2.20. The summed E-state index contributed by atoms with van der Waals surface area (Å²) >= 11 is 0. The van der Waals surface area contributed by atoms with Crippen molar-refractivity contribution in [3.05, 3.63) is 23.8 Å². The van der Waals surface area contributed by atoms with Gasteiger partial charge in [-0.2, -0.15) is 0 Å². The van der Waals surface area contributed by atoms with Crippen molar-refractivity contribution in [2.45, 2.75) is 93.2 Å². The summed E-state index contributed by atoms with van der Waals surface area (Å²) in [5, 5.41) is 0. The minimum atomic E-state index is -1.01. The van der Waals surface area contributed by atoms with Crippen molar-refractivity contribution in [1.82, 2.24) is 0 Å². The van der Waals surface area contributed by atoms with E-state index in [9.17, 15) is 19.2 Å². The van der Waals surface area contributed by atoms with Gasteiger partial charge in [0.25, 0.3) is 0 Å². The molecule has 1 aromatic rings. The highest BCUT2D eigenvalue weighted by Crippen LogP contribution is 2.31. The molecule has 9 nitrogen and oxygen atoms in total. The van der Waals surface area contributed by atoms with Crippen LogP contribution in [0.4, 0.5) is 0 Å². The summed E-state index contributed by atoms with van der Waals surface area (Å²) in [6.07, 6.45) is 1.37. The number of hydrogen-bond acceptors (Lipinski definition) is 9. The van der Waals surface area contributed by atoms with E-state index < -0.39 is 30.1 Å². The molecule has 0 saturated carbocycles. The maximum absolute atomic E-state index is 12.7. The van der Waals surface area contributed by atoms with Gasteiger partial charge in [0.15, 0.2) is 11.5 Å². The van der Waals surface area contributed by atoms with Gasteiger partial charge in [-0.3, -0.25) is 19.2 Å². The Labute approximate surface area is 226 Å². The van der Waals surface area contributed by atoms with Crippen LogP contribution in [-0.2, 0) is 35.1 Å². The van der Waals surface area contributed by atoms with Gasteiger partial charge in [0.1, 0.15) is 18.8 Å². The standard InChI is InChI=1S/C29H45NO8/c1-9-10-11-26(31)35-16-19(6)36-29(34)23(30)14-22-12-13-24(37-27(32)20(7)17(2)3)25(15-22)38-28(33)21(8)18(4)5/h12-13,15,17-21,23H,9-11,14,16,30H2,1-8H3/t19-,20?,21?,23-/m0/s1. The minimum absolute atomic E-state index is 0.0498. The van der Waals surface area contributed by atoms with Gasteiger partial charge in [-0.25, -0.2) is 0 Å². The first-order valence-corrected chi connectivity index (χ1v) is 13.4. The molecule has 1 aromatic carbocycles. The average molecular weight is 536 g/mol. The van der Waals surface area contributed by atoms with Gasteiger partial charge < -0.3 is 24.7 Å². The first kappa shape index (κ1) is 33.1. The second kappa shape index (κ2) is 16.1. The Morgan fingerprint density at radius 3 is 1.89 bits per heavy atom. The molecule has 0 aliphatic rings. The van der Waals surface area contributed by atoms with Gasteiger partial charge in [-0.05, 0) is 49.3 Å². The molecule has 38 heavy (non-hydrogen) atoms. The van der Waals surface area contributed by atoms with E-state index >= 15 is 0 Å². The van der Waals surface area contributed by atoms with E-state index in [-0.39, 0.29) is 54.2 Å². The molecule has 0 fully saturated rings. The third kappa shape index (κ3) is 11.2. The fourth-order valence-corrected chi connectivity index (χ4v) is 3.05. The van der Waals surface area contributed by atoms with Crippen LogP contribution < -0.4 is 15.2 Å². The molecule has 0 bridgehead atoms. The summed E-state index contributed by atoms with van der Waals surface area (Å²) in [7, 11) is 0. The number of carbonyl (C=O) groups is 4. The zero-order valence-corrected chi connectivity index (χ0v) is 24.1. The maximum atomic E-state index is 12.7. The lowest BCUT2D eigenvalue weighted by atomic mass is 9.98. The summed E-state index contributed by atoms with van der Waals surface area (Å²) in [6, 6.07) is 3.71. The first-order valence-electron chi connectivity index (χ1n) is 13.4. The smallest absolute Gasteiger partial charge is 0.323 e. The van der Waals surface area contributed by atoms with E-state index in [4.69, 9.17) is 24.7 Å². The fourth-order valence-electron chi connectivity index (χ4n) is 3.05. The Morgan fingerprint density at radius 2 is 1.37 bits per heavy atom. The number of ether oxygens (including phenoxy) is 4. The highest BCUT2D eigenvalue weighted by atomic mass is 16.6. The molecule has 1 rings (SSSR count). The van der Waals surface area contributed by atoms with Gasteiger partial charge in [0.05, 0.1) is 11.8 Å². The summed E-state index contributed by atoms with van der Waals surface area (Å²) in [6.45, 7) is 14.7. The summed E-state index contributed by atoms with van der Waals surface area (Å²) in [5.74, 6) is -2.32. The highest BCUT2D eigenvalue weighted by Gasteiger charge is 2.25. The van der Waals surface area contributed by atoms with Crippen LogP contribution in [0.15, 0.2) is 18.2 Å². The average Bonchev–Trinajstić information content (AvgIpc) is 2.86. The molecule has 0 saturated heterocycles. The van der Waals surface area contributed by atoms with Crippen LogP contribution >= 0.6 is 0 Å². The zero-order chi connectivity index (χ0) is 29.0. The molecule has 9 heteroatoms. The monoisotopic (exact) mass is 535 g/mol. The number of unbranched alkanes of at least 4 members (excludes halogenated alkanes) is 1. The second-order valence-electron chi connectivity index (χ2n) is 10.5. The number of benzene rings is 1. The van der Waals surface area contributed by atoms with Crippen molar-refractivity contribution in [2.75, 3.05) is 6.61 Å². The van der Waals surface area contributed by atoms with Crippen molar-refractivity contribution >= 4 is 23.9 Å². The number of esters is 4. The van der Waals surface area contributed by atoms with E-state index in [2.05, 4.69) is 0 Å². The van der Waals surface area contributed by atoms with Crippen LogP contribution in [0.5, 0.6) is 11.5 Å². The van der Waals surface area contributed by atoms with Crippen molar-refractivity contribution in [2.24, 2.45) is 29.4 Å². The summed E-state index contributed by atoms with van der Waals surface area (Å²) < 4.78 is 21.6. The predicted octanol–water partition coefficient (Wildman–Crippen LogP) is 4.62. The van der Waals surface area contributed by atoms with Crippen molar-refractivity contribution < 1.29 is 38.1 Å². The molecule has 0 spiro atoms. The van der Waals surface area contributed by atoms with Gasteiger partial charge in [0, 0.05) is 6.42 Å². The Kier molecular flexibility index (Phi) is 14.0. The van der Waals surface area contributed by atoms with E-state index in [1.807, 2.05) is 34.6 Å². The number of rotatable bonds is 15.